The number of fused-ring (bicyclic) bond motifs is 1. The number of rotatable bonds is 12. The van der Waals surface area contributed by atoms with E-state index >= 15 is 0 Å². The van der Waals surface area contributed by atoms with Gasteiger partial charge in [0.1, 0.15) is 28.5 Å². The molecule has 0 atom stereocenters. The second kappa shape index (κ2) is 11.7. The van der Waals surface area contributed by atoms with Crippen molar-refractivity contribution in [1.82, 2.24) is 14.3 Å². The Kier molecular flexibility index (Phi) is 8.09. The van der Waals surface area contributed by atoms with Gasteiger partial charge in [0.05, 0.1) is 31.7 Å². The van der Waals surface area contributed by atoms with Crippen LogP contribution in [0.15, 0.2) is 36.7 Å². The highest BCUT2D eigenvalue weighted by molar-refractivity contribution is 6.02. The van der Waals surface area contributed by atoms with Crippen molar-refractivity contribution in [2.24, 2.45) is 5.92 Å². The number of alkyl halides is 2. The number of carbonyl (C=O) groups is 1. The van der Waals surface area contributed by atoms with E-state index in [0.717, 1.165) is 51.7 Å². The summed E-state index contributed by atoms with van der Waals surface area (Å²) in [5.74, 6) is 0.716. The Morgan fingerprint density at radius 1 is 1.16 bits per heavy atom. The maximum atomic E-state index is 13.3. The van der Waals surface area contributed by atoms with Crippen LogP contribution in [0.2, 0.25) is 0 Å². The summed E-state index contributed by atoms with van der Waals surface area (Å²) in [6, 6.07) is 6.76. The second-order valence-electron chi connectivity index (χ2n) is 10.0. The van der Waals surface area contributed by atoms with Crippen LogP contribution in [-0.2, 0) is 0 Å². The van der Waals surface area contributed by atoms with Crippen LogP contribution in [0, 0.1) is 5.92 Å². The highest BCUT2D eigenvalue weighted by Crippen LogP contribution is 2.40. The molecule has 0 bridgehead atoms. The monoisotopic (exact) mass is 529 g/mol. The summed E-state index contributed by atoms with van der Waals surface area (Å²) in [7, 11) is 1.41. The lowest BCUT2D eigenvalue weighted by atomic mass is 10.00. The number of aromatic nitrogens is 2. The van der Waals surface area contributed by atoms with Crippen LogP contribution in [-0.4, -0.2) is 71.2 Å². The normalized spacial score (nSPS) is 16.8. The van der Waals surface area contributed by atoms with Crippen LogP contribution in [0.25, 0.3) is 16.9 Å². The molecule has 1 N–H and O–H groups in total. The van der Waals surface area contributed by atoms with Gasteiger partial charge in [0, 0.05) is 43.9 Å². The van der Waals surface area contributed by atoms with Crippen LogP contribution < -0.4 is 14.2 Å². The lowest BCUT2D eigenvalue weighted by molar-refractivity contribution is -0.0502. The number of pyridine rings is 1. The summed E-state index contributed by atoms with van der Waals surface area (Å²) in [5, 5.41) is 9.63. The van der Waals surface area contributed by atoms with Gasteiger partial charge in [-0.1, -0.05) is 0 Å². The number of carbonyl (C=O) groups excluding carboxylic acids is 1. The zero-order chi connectivity index (χ0) is 26.6. The number of aliphatic hydroxyl groups excluding tert-OH is 1. The summed E-state index contributed by atoms with van der Waals surface area (Å²) in [6.45, 7) is 0.228. The number of hydrogen-bond acceptors (Lipinski definition) is 7. The predicted molar refractivity (Wildman–Crippen MR) is 137 cm³/mol. The number of hydrogen-bond donors (Lipinski definition) is 1. The maximum absolute atomic E-state index is 13.3. The Balaban J connectivity index is 1.32. The third-order valence-electron chi connectivity index (χ3n) is 7.18. The molecule has 3 aromatic rings. The van der Waals surface area contributed by atoms with Gasteiger partial charge in [0.2, 0.25) is 0 Å². The molecule has 204 valence electrons. The molecule has 0 spiro atoms. The average molecular weight is 530 g/mol. The number of aliphatic hydroxyl groups is 1. The molecule has 1 aliphatic heterocycles. The molecule has 0 unspecified atom stereocenters. The predicted octanol–water partition coefficient (Wildman–Crippen LogP) is 4.82. The smallest absolute Gasteiger partial charge is 0.387 e. The molecule has 2 aromatic heterocycles. The summed E-state index contributed by atoms with van der Waals surface area (Å²) in [6.07, 6.45) is 8.01. The number of Topliss-reactive ketones (excluding diaryl/α,β-unsaturated/α-hetero) is 1. The van der Waals surface area contributed by atoms with Gasteiger partial charge in [-0.3, -0.25) is 9.20 Å². The molecule has 1 saturated heterocycles. The van der Waals surface area contributed by atoms with Crippen molar-refractivity contribution in [3.63, 3.8) is 0 Å². The molecule has 0 amide bonds. The van der Waals surface area contributed by atoms with Crippen molar-refractivity contribution in [3.8, 4) is 28.5 Å². The number of imidazole rings is 1. The van der Waals surface area contributed by atoms with E-state index in [9.17, 15) is 18.7 Å². The minimum absolute atomic E-state index is 0.0497. The van der Waals surface area contributed by atoms with Gasteiger partial charge in [-0.15, -0.1) is 0 Å². The molecule has 0 radical (unpaired) electrons. The minimum atomic E-state index is -3.08. The van der Waals surface area contributed by atoms with Crippen molar-refractivity contribution < 1.29 is 32.9 Å². The van der Waals surface area contributed by atoms with E-state index in [1.165, 1.54) is 13.2 Å². The van der Waals surface area contributed by atoms with Crippen LogP contribution in [0.5, 0.6) is 17.2 Å². The van der Waals surface area contributed by atoms with E-state index < -0.39 is 6.61 Å². The lowest BCUT2D eigenvalue weighted by Crippen LogP contribution is -2.36. The topological polar surface area (TPSA) is 85.5 Å². The van der Waals surface area contributed by atoms with Crippen molar-refractivity contribution in [2.75, 3.05) is 33.4 Å². The number of ether oxygens (including phenoxy) is 3. The van der Waals surface area contributed by atoms with Crippen molar-refractivity contribution in [2.45, 2.75) is 51.2 Å². The van der Waals surface area contributed by atoms with Gasteiger partial charge < -0.3 is 24.2 Å². The molecule has 38 heavy (non-hydrogen) atoms. The average Bonchev–Trinajstić information content (AvgIpc) is 3.61. The highest BCUT2D eigenvalue weighted by atomic mass is 19.3. The molecule has 1 aliphatic carbocycles. The van der Waals surface area contributed by atoms with E-state index in [4.69, 9.17) is 14.2 Å². The van der Waals surface area contributed by atoms with Crippen LogP contribution in [0.1, 0.15) is 48.9 Å². The van der Waals surface area contributed by atoms with Crippen molar-refractivity contribution in [1.29, 1.82) is 0 Å². The number of piperidine rings is 1. The Bertz CT molecular complexity index is 1270. The van der Waals surface area contributed by atoms with E-state index in [0.29, 0.717) is 35.2 Å². The summed E-state index contributed by atoms with van der Waals surface area (Å²) in [4.78, 5) is 19.7. The molecule has 1 saturated carbocycles. The van der Waals surface area contributed by atoms with Crippen molar-refractivity contribution >= 4 is 11.4 Å². The van der Waals surface area contributed by atoms with Crippen LogP contribution >= 0.6 is 0 Å². The fourth-order valence-corrected chi connectivity index (χ4v) is 4.94. The first-order valence-electron chi connectivity index (χ1n) is 13.1. The largest absolute Gasteiger partial charge is 0.496 e. The first-order chi connectivity index (χ1) is 18.4. The molecule has 1 aromatic carbocycles. The quantitative estimate of drug-likeness (QED) is 0.266. The number of likely N-dealkylation sites (tertiary alicyclic amines) is 1. The molecule has 2 aliphatic rings. The molecule has 3 heterocycles. The number of benzene rings is 1. The zero-order valence-electron chi connectivity index (χ0n) is 21.4. The lowest BCUT2D eigenvalue weighted by Gasteiger charge is -2.29. The van der Waals surface area contributed by atoms with Gasteiger partial charge in [0.25, 0.3) is 0 Å². The Morgan fingerprint density at radius 3 is 2.63 bits per heavy atom. The fourth-order valence-electron chi connectivity index (χ4n) is 4.94. The Hall–Kier alpha value is -3.24. The zero-order valence-corrected chi connectivity index (χ0v) is 21.4. The van der Waals surface area contributed by atoms with Gasteiger partial charge >= 0.3 is 6.61 Å². The summed E-state index contributed by atoms with van der Waals surface area (Å²) in [5.41, 5.74) is 1.85. The minimum Gasteiger partial charge on any atom is -0.496 e. The molecular weight excluding hydrogens is 496 g/mol. The van der Waals surface area contributed by atoms with Gasteiger partial charge in [-0.25, -0.2) is 4.98 Å². The number of methoxy groups -OCH3 is 1. The second-order valence-corrected chi connectivity index (χ2v) is 10.0. The molecule has 5 rings (SSSR count). The van der Waals surface area contributed by atoms with E-state index in [1.54, 1.807) is 12.3 Å². The van der Waals surface area contributed by atoms with Crippen molar-refractivity contribution in [3.05, 3.63) is 42.2 Å². The van der Waals surface area contributed by atoms with E-state index in [1.807, 2.05) is 22.7 Å². The van der Waals surface area contributed by atoms with Gasteiger partial charge in [-0.05, 0) is 56.2 Å². The SMILES string of the molecule is COc1cc(-c2cnc3cc(OCCCN4CCC(O)CC4)ccn23)cc(OC(F)F)c1C(=O)CC1CC1. The fraction of sp³-hybridized carbons (Fsp3) is 0.500. The molecule has 8 nitrogen and oxygen atoms in total. The van der Waals surface area contributed by atoms with Crippen LogP contribution in [0.3, 0.4) is 0 Å². The third kappa shape index (κ3) is 6.24. The molecular formula is C28H33F2N3O5. The number of nitrogens with zero attached hydrogens (tertiary/aromatic N) is 3. The third-order valence-corrected chi connectivity index (χ3v) is 7.18. The maximum Gasteiger partial charge on any atom is 0.387 e. The standard InChI is InChI=1S/C28H33F2N3O5/c1-36-24-14-19(15-25(38-28(29)30)27(24)23(35)13-18-3-4-18)22-17-31-26-16-21(7-11-33(22)26)37-12-2-8-32-9-5-20(34)6-10-32/h7,11,14-18,20,28,34H,2-6,8-10,12-13H2,1H3. The number of ketones is 1. The summed E-state index contributed by atoms with van der Waals surface area (Å²) < 4.78 is 44.5. The van der Waals surface area contributed by atoms with E-state index in [2.05, 4.69) is 9.88 Å². The van der Waals surface area contributed by atoms with Gasteiger partial charge in [-0.2, -0.15) is 8.78 Å². The highest BCUT2D eigenvalue weighted by Gasteiger charge is 2.30. The Labute approximate surface area is 220 Å². The van der Waals surface area contributed by atoms with Gasteiger partial charge in [0.15, 0.2) is 5.78 Å². The summed E-state index contributed by atoms with van der Waals surface area (Å²) >= 11 is 0. The molecule has 10 heteroatoms. The van der Waals surface area contributed by atoms with E-state index in [-0.39, 0.29) is 35.4 Å². The van der Waals surface area contributed by atoms with Crippen LogP contribution in [0.4, 0.5) is 8.78 Å². The number of halogens is 2. The molecule has 2 fully saturated rings. The Morgan fingerprint density at radius 2 is 1.92 bits per heavy atom. The first-order valence-corrected chi connectivity index (χ1v) is 13.1. The first kappa shape index (κ1) is 26.4.